The highest BCUT2D eigenvalue weighted by Gasteiger charge is 2.61. The van der Waals surface area contributed by atoms with E-state index in [-0.39, 0.29) is 27.4 Å². The minimum absolute atomic E-state index is 0. The Labute approximate surface area is 274 Å². The summed E-state index contributed by atoms with van der Waals surface area (Å²) in [4.78, 5) is 0. The highest BCUT2D eigenvalue weighted by atomic mass is 28.4. The van der Waals surface area contributed by atoms with Gasteiger partial charge in [-0.2, -0.15) is 0 Å². The van der Waals surface area contributed by atoms with Crippen LogP contribution in [0.2, 0.25) is 41.8 Å². The van der Waals surface area contributed by atoms with Crippen molar-refractivity contribution in [3.05, 3.63) is 23.3 Å². The predicted octanol–water partition coefficient (Wildman–Crippen LogP) is 10.1. The van der Waals surface area contributed by atoms with E-state index in [0.717, 1.165) is 5.54 Å². The Hall–Kier alpha value is -0.246. The SMILES string of the molecule is C[C@H](OCCC(C)(C)O)[C@H]1CCC2C3=CC=C4C[C@@H]([Si](C)(C)C(C)(C)C)C[C@H](O[Si](C)(C)C(C)(C)C)[C@]4(C)C3CC[C@@]21C.O. The minimum atomic E-state index is -1.97. The van der Waals surface area contributed by atoms with E-state index in [4.69, 9.17) is 9.16 Å². The summed E-state index contributed by atoms with van der Waals surface area (Å²) >= 11 is 0. The Kier molecular flexibility index (Phi) is 10.7. The molecular weight excluding hydrogens is 577 g/mol. The molecule has 256 valence electrons. The maximum absolute atomic E-state index is 10.2. The third-order valence-corrected chi connectivity index (χ3v) is 25.4. The molecule has 0 aliphatic heterocycles. The smallest absolute Gasteiger partial charge is 0.192 e. The van der Waals surface area contributed by atoms with Gasteiger partial charge in [0.25, 0.3) is 0 Å². The van der Waals surface area contributed by atoms with Crippen LogP contribution in [0.4, 0.5) is 0 Å². The lowest BCUT2D eigenvalue weighted by Crippen LogP contribution is -2.58. The number of aliphatic hydroxyl groups is 1. The molecule has 4 rings (SSSR count). The molecule has 0 aromatic rings. The number of hydrogen-bond acceptors (Lipinski definition) is 3. The van der Waals surface area contributed by atoms with E-state index < -0.39 is 22.0 Å². The molecule has 0 radical (unpaired) electrons. The molecule has 0 spiro atoms. The van der Waals surface area contributed by atoms with Crippen molar-refractivity contribution in [2.75, 3.05) is 6.61 Å². The van der Waals surface area contributed by atoms with Crippen LogP contribution in [0.25, 0.3) is 0 Å². The van der Waals surface area contributed by atoms with Gasteiger partial charge in [-0.15, -0.1) is 0 Å². The van der Waals surface area contributed by atoms with Crippen LogP contribution in [0, 0.1) is 28.6 Å². The maximum Gasteiger partial charge on any atom is 0.192 e. The van der Waals surface area contributed by atoms with Crippen LogP contribution in [-0.2, 0) is 9.16 Å². The molecule has 4 aliphatic rings. The van der Waals surface area contributed by atoms with E-state index in [1.54, 1.807) is 11.1 Å². The summed E-state index contributed by atoms with van der Waals surface area (Å²) in [5.74, 6) is 1.80. The molecule has 2 unspecified atom stereocenters. The standard InChI is InChI=1S/C38H70O3Si2.H2O/c1-26(40-23-22-36(8,9)39)30-18-19-31-29-17-16-27-24-28(42(12,13)34(2,3)4)25-33(41-43(14,15)35(5,6)7)38(27,11)32(29)20-21-37(30,31)10;/h16-17,26,28,30-33,39H,18-25H2,1-15H3;1H2/t26-,28+,30+,31?,32?,33-,37+,38-;/m0./s1. The first-order valence-corrected chi connectivity index (χ1v) is 23.8. The molecule has 0 saturated heterocycles. The minimum Gasteiger partial charge on any atom is -0.413 e. The van der Waals surface area contributed by atoms with Gasteiger partial charge in [0.05, 0.1) is 25.9 Å². The lowest BCUT2D eigenvalue weighted by molar-refractivity contribution is -0.0577. The van der Waals surface area contributed by atoms with Crippen LogP contribution >= 0.6 is 0 Å². The van der Waals surface area contributed by atoms with Crippen molar-refractivity contribution >= 4 is 16.4 Å². The molecule has 3 saturated carbocycles. The first kappa shape index (κ1) is 38.2. The van der Waals surface area contributed by atoms with Crippen LogP contribution < -0.4 is 0 Å². The number of allylic oxidation sites excluding steroid dienone is 3. The Balaban J connectivity index is 0.00000529. The number of fused-ring (bicyclic) bond motifs is 5. The number of rotatable bonds is 8. The van der Waals surface area contributed by atoms with Crippen LogP contribution in [0.5, 0.6) is 0 Å². The highest BCUT2D eigenvalue weighted by molar-refractivity contribution is 6.81. The van der Waals surface area contributed by atoms with Crippen molar-refractivity contribution < 1.29 is 19.7 Å². The monoisotopic (exact) mass is 648 g/mol. The van der Waals surface area contributed by atoms with Crippen molar-refractivity contribution in [2.24, 2.45) is 28.6 Å². The van der Waals surface area contributed by atoms with E-state index in [1.165, 1.54) is 38.5 Å². The van der Waals surface area contributed by atoms with Gasteiger partial charge in [0.2, 0.25) is 0 Å². The van der Waals surface area contributed by atoms with Crippen molar-refractivity contribution in [2.45, 2.75) is 181 Å². The van der Waals surface area contributed by atoms with Crippen LogP contribution in [-0.4, -0.2) is 51.4 Å². The number of hydrogen-bond donors (Lipinski definition) is 1. The topological polar surface area (TPSA) is 70.2 Å². The zero-order valence-corrected chi connectivity index (χ0v) is 33.5. The van der Waals surface area contributed by atoms with Gasteiger partial charge in [-0.1, -0.05) is 91.8 Å². The third-order valence-electron chi connectivity index (χ3n) is 14.6. The second-order valence-electron chi connectivity index (χ2n) is 19.6. The third kappa shape index (κ3) is 6.70. The highest BCUT2D eigenvalue weighted by Crippen LogP contribution is 2.68. The molecule has 3 fully saturated rings. The summed E-state index contributed by atoms with van der Waals surface area (Å²) in [5, 5.41) is 10.8. The van der Waals surface area contributed by atoms with E-state index in [1.807, 2.05) is 13.8 Å². The first-order chi connectivity index (χ1) is 19.4. The number of ether oxygens (including phenoxy) is 1. The van der Waals surface area contributed by atoms with Gasteiger partial charge in [-0.3, -0.25) is 0 Å². The predicted molar refractivity (Wildman–Crippen MR) is 194 cm³/mol. The molecule has 0 aromatic heterocycles. The van der Waals surface area contributed by atoms with E-state index >= 15 is 0 Å². The van der Waals surface area contributed by atoms with Crippen LogP contribution in [0.1, 0.15) is 121 Å². The van der Waals surface area contributed by atoms with Gasteiger partial charge in [0.15, 0.2) is 8.32 Å². The van der Waals surface area contributed by atoms with Crippen LogP contribution in [0.3, 0.4) is 0 Å². The quantitative estimate of drug-likeness (QED) is 0.266. The summed E-state index contributed by atoms with van der Waals surface area (Å²) in [6, 6.07) is 0. The van der Waals surface area contributed by atoms with Gasteiger partial charge in [0.1, 0.15) is 0 Å². The summed E-state index contributed by atoms with van der Waals surface area (Å²) in [6.45, 7) is 36.9. The Morgan fingerprint density at radius 3 is 2.07 bits per heavy atom. The van der Waals surface area contributed by atoms with Crippen molar-refractivity contribution in [3.8, 4) is 0 Å². The maximum atomic E-state index is 10.2. The summed E-state index contributed by atoms with van der Waals surface area (Å²) in [7, 11) is -3.52. The lowest BCUT2D eigenvalue weighted by atomic mass is 9.49. The Morgan fingerprint density at radius 1 is 0.909 bits per heavy atom. The Morgan fingerprint density at radius 2 is 1.52 bits per heavy atom. The largest absolute Gasteiger partial charge is 0.413 e. The molecule has 44 heavy (non-hydrogen) atoms. The fraction of sp³-hybridized carbons (Fsp3) is 0.895. The molecule has 0 heterocycles. The van der Waals surface area contributed by atoms with Crippen molar-refractivity contribution in [3.63, 3.8) is 0 Å². The van der Waals surface area contributed by atoms with Crippen molar-refractivity contribution in [1.29, 1.82) is 0 Å². The normalized spacial score (nSPS) is 35.5. The van der Waals surface area contributed by atoms with E-state index in [9.17, 15) is 5.11 Å². The fourth-order valence-electron chi connectivity index (χ4n) is 9.33. The first-order valence-electron chi connectivity index (χ1n) is 17.8. The fourth-order valence-corrected chi connectivity index (χ4v) is 13.5. The molecular formula is C38H72O4Si2. The second kappa shape index (κ2) is 12.3. The van der Waals surface area contributed by atoms with Crippen LogP contribution in [0.15, 0.2) is 23.3 Å². The van der Waals surface area contributed by atoms with Gasteiger partial charge in [-0.05, 0) is 118 Å². The molecule has 4 aliphatic carbocycles. The average Bonchev–Trinajstić information content (AvgIpc) is 3.19. The molecule has 4 nitrogen and oxygen atoms in total. The second-order valence-corrected chi connectivity index (χ2v) is 30.1. The molecule has 8 atom stereocenters. The van der Waals surface area contributed by atoms with Gasteiger partial charge < -0.3 is 19.7 Å². The van der Waals surface area contributed by atoms with Crippen molar-refractivity contribution in [1.82, 2.24) is 0 Å². The molecule has 0 bridgehead atoms. The lowest BCUT2D eigenvalue weighted by Gasteiger charge is -2.61. The van der Waals surface area contributed by atoms with Gasteiger partial charge >= 0.3 is 0 Å². The summed E-state index contributed by atoms with van der Waals surface area (Å²) in [5.41, 5.74) is 3.90. The van der Waals surface area contributed by atoms with Gasteiger partial charge in [-0.25, -0.2) is 0 Å². The summed E-state index contributed by atoms with van der Waals surface area (Å²) < 4.78 is 14.1. The molecule has 0 amide bonds. The Bertz CT molecular complexity index is 1090. The molecule has 3 N–H and O–H groups in total. The zero-order valence-electron chi connectivity index (χ0n) is 31.5. The van der Waals surface area contributed by atoms with Gasteiger partial charge in [0, 0.05) is 12.0 Å². The summed E-state index contributed by atoms with van der Waals surface area (Å²) in [6.07, 6.45) is 14.0. The molecule has 6 heteroatoms. The average molecular weight is 649 g/mol. The molecule has 0 aromatic carbocycles. The van der Waals surface area contributed by atoms with E-state index in [0.29, 0.717) is 41.9 Å². The zero-order chi connectivity index (χ0) is 32.6. The van der Waals surface area contributed by atoms with E-state index in [2.05, 4.69) is 101 Å².